The van der Waals surface area contributed by atoms with Crippen LogP contribution < -0.4 is 0 Å². The van der Waals surface area contributed by atoms with Gasteiger partial charge >= 0.3 is 0 Å². The second kappa shape index (κ2) is 4.24. The van der Waals surface area contributed by atoms with Crippen molar-refractivity contribution in [1.29, 1.82) is 0 Å². The van der Waals surface area contributed by atoms with Gasteiger partial charge in [0.05, 0.1) is 0 Å². The molecule has 0 bridgehead atoms. The van der Waals surface area contributed by atoms with Gasteiger partial charge in [-0.25, -0.2) is 9.98 Å². The molecule has 0 aliphatic carbocycles. The third kappa shape index (κ3) is 2.29. The molecule has 0 heterocycles. The fraction of sp³-hybridized carbons (Fsp3) is 0.333. The Morgan fingerprint density at radius 2 is 2.38 bits per heavy atom. The molecule has 0 radical (unpaired) electrons. The molecule has 0 amide bonds. The smallest absolute Gasteiger partial charge is 0.127 e. The lowest BCUT2D eigenvalue weighted by Gasteiger charge is -1.87. The van der Waals surface area contributed by atoms with Gasteiger partial charge < -0.3 is 0 Å². The molecule has 0 fully saturated rings. The molecule has 8 heavy (non-hydrogen) atoms. The molecule has 0 unspecified atom stereocenters. The summed E-state index contributed by atoms with van der Waals surface area (Å²) in [7, 11) is 0. The zero-order chi connectivity index (χ0) is 6.41. The van der Waals surface area contributed by atoms with Gasteiger partial charge in [-0.15, -0.1) is 0 Å². The summed E-state index contributed by atoms with van der Waals surface area (Å²) in [6.07, 6.45) is 2.28. The van der Waals surface area contributed by atoms with E-state index < -0.39 is 0 Å². The third-order valence-corrected chi connectivity index (χ3v) is 0.739. The van der Waals surface area contributed by atoms with Crippen LogP contribution in [0.3, 0.4) is 0 Å². The van der Waals surface area contributed by atoms with E-state index in [1.165, 1.54) is 6.20 Å². The Kier molecular flexibility index (Phi) is 3.76. The third-order valence-electron chi connectivity index (χ3n) is 0.739. The van der Waals surface area contributed by atoms with E-state index in [0.717, 1.165) is 12.3 Å². The molecule has 2 heteroatoms. The minimum absolute atomic E-state index is 0.736. The summed E-state index contributed by atoms with van der Waals surface area (Å²) in [5.41, 5.74) is 0. The van der Waals surface area contributed by atoms with Crippen LogP contribution in [-0.4, -0.2) is 12.6 Å². The normalized spacial score (nSPS) is 10.9. The van der Waals surface area contributed by atoms with Crippen LogP contribution in [0.1, 0.15) is 13.3 Å². The number of aliphatic imine (C=N–C) groups is 2. The SMILES string of the molecule is C=C/N=C(/CC)N=C. The Morgan fingerprint density at radius 3 is 2.50 bits per heavy atom. The highest BCUT2D eigenvalue weighted by Crippen LogP contribution is 1.85. The van der Waals surface area contributed by atoms with Crippen LogP contribution in [-0.2, 0) is 0 Å². The average Bonchev–Trinajstić information content (AvgIpc) is 1.83. The fourth-order valence-electron chi connectivity index (χ4n) is 0.349. The number of hydrogen-bond acceptors (Lipinski definition) is 1. The van der Waals surface area contributed by atoms with E-state index in [0.29, 0.717) is 0 Å². The molecule has 0 aliphatic rings. The molecule has 0 rings (SSSR count). The molecule has 0 aromatic heterocycles. The molecule has 2 nitrogen and oxygen atoms in total. The predicted octanol–water partition coefficient (Wildman–Crippen LogP) is 1.64. The largest absolute Gasteiger partial charge is 0.249 e. The summed E-state index contributed by atoms with van der Waals surface area (Å²) < 4.78 is 0. The van der Waals surface area contributed by atoms with E-state index in [1.807, 2.05) is 6.92 Å². The van der Waals surface area contributed by atoms with Crippen LogP contribution in [0.5, 0.6) is 0 Å². The zero-order valence-corrected chi connectivity index (χ0v) is 5.09. The van der Waals surface area contributed by atoms with Crippen molar-refractivity contribution in [1.82, 2.24) is 0 Å². The molecule has 0 aliphatic heterocycles. The van der Waals surface area contributed by atoms with Gasteiger partial charge in [0.25, 0.3) is 0 Å². The number of rotatable bonds is 2. The second-order valence-electron chi connectivity index (χ2n) is 1.24. The Labute approximate surface area is 49.7 Å². The van der Waals surface area contributed by atoms with Crippen molar-refractivity contribution >= 4 is 12.6 Å². The lowest BCUT2D eigenvalue weighted by molar-refractivity contribution is 1.24. The van der Waals surface area contributed by atoms with Gasteiger partial charge in [0.2, 0.25) is 0 Å². The van der Waals surface area contributed by atoms with Gasteiger partial charge in [-0.1, -0.05) is 13.5 Å². The van der Waals surface area contributed by atoms with Crippen molar-refractivity contribution in [3.8, 4) is 0 Å². The first-order valence-corrected chi connectivity index (χ1v) is 2.49. The van der Waals surface area contributed by atoms with E-state index in [9.17, 15) is 0 Å². The van der Waals surface area contributed by atoms with Crippen molar-refractivity contribution < 1.29 is 0 Å². The summed E-state index contributed by atoms with van der Waals surface area (Å²) in [5, 5.41) is 0. The quantitative estimate of drug-likeness (QED) is 0.381. The van der Waals surface area contributed by atoms with Gasteiger partial charge in [0.15, 0.2) is 0 Å². The van der Waals surface area contributed by atoms with Crippen LogP contribution in [0.15, 0.2) is 22.8 Å². The zero-order valence-electron chi connectivity index (χ0n) is 5.09. The van der Waals surface area contributed by atoms with E-state index in [-0.39, 0.29) is 0 Å². The molecule has 0 atom stereocenters. The molecular formula is C6H10N2. The minimum atomic E-state index is 0.736. The fourth-order valence-corrected chi connectivity index (χ4v) is 0.349. The highest BCUT2D eigenvalue weighted by molar-refractivity contribution is 5.86. The Morgan fingerprint density at radius 1 is 1.75 bits per heavy atom. The summed E-state index contributed by atoms with van der Waals surface area (Å²) in [6.45, 7) is 8.71. The Balaban J connectivity index is 3.84. The van der Waals surface area contributed by atoms with E-state index in [2.05, 4.69) is 23.3 Å². The van der Waals surface area contributed by atoms with Crippen molar-refractivity contribution in [2.45, 2.75) is 13.3 Å². The molecule has 0 spiro atoms. The standard InChI is InChI=1S/C6H10N2/c1-4-6(7-3)8-5-2/h5H,2-4H2,1H3/b8-6-. The molecule has 0 N–H and O–H groups in total. The van der Waals surface area contributed by atoms with Crippen molar-refractivity contribution in [2.24, 2.45) is 9.98 Å². The molecule has 0 aromatic rings. The summed E-state index contributed by atoms with van der Waals surface area (Å²) in [4.78, 5) is 7.44. The summed E-state index contributed by atoms with van der Waals surface area (Å²) in [6, 6.07) is 0. The van der Waals surface area contributed by atoms with Gasteiger partial charge in [-0.3, -0.25) is 0 Å². The van der Waals surface area contributed by atoms with Gasteiger partial charge in [0, 0.05) is 12.6 Å². The first-order chi connectivity index (χ1) is 3.85. The van der Waals surface area contributed by atoms with Crippen LogP contribution >= 0.6 is 0 Å². The van der Waals surface area contributed by atoms with Crippen LogP contribution in [0, 0.1) is 0 Å². The molecule has 0 saturated heterocycles. The lowest BCUT2D eigenvalue weighted by atomic mass is 10.4. The van der Waals surface area contributed by atoms with E-state index >= 15 is 0 Å². The van der Waals surface area contributed by atoms with Gasteiger partial charge in [0.1, 0.15) is 5.84 Å². The molecular weight excluding hydrogens is 100 g/mol. The monoisotopic (exact) mass is 110 g/mol. The first kappa shape index (κ1) is 7.08. The van der Waals surface area contributed by atoms with Crippen LogP contribution in [0.4, 0.5) is 0 Å². The average molecular weight is 110 g/mol. The summed E-state index contributed by atoms with van der Waals surface area (Å²) in [5.74, 6) is 0.736. The van der Waals surface area contributed by atoms with Gasteiger partial charge in [-0.2, -0.15) is 0 Å². The van der Waals surface area contributed by atoms with E-state index in [4.69, 9.17) is 0 Å². The van der Waals surface area contributed by atoms with Crippen molar-refractivity contribution in [3.63, 3.8) is 0 Å². The predicted molar refractivity (Wildman–Crippen MR) is 37.5 cm³/mol. The molecule has 0 aromatic carbocycles. The maximum Gasteiger partial charge on any atom is 0.127 e. The second-order valence-corrected chi connectivity index (χ2v) is 1.24. The number of nitrogens with zero attached hydrogens (tertiary/aromatic N) is 2. The lowest BCUT2D eigenvalue weighted by Crippen LogP contribution is -1.86. The van der Waals surface area contributed by atoms with Gasteiger partial charge in [-0.05, 0) is 6.72 Å². The van der Waals surface area contributed by atoms with Crippen molar-refractivity contribution in [2.75, 3.05) is 0 Å². The highest BCUT2D eigenvalue weighted by atomic mass is 14.9. The minimum Gasteiger partial charge on any atom is -0.249 e. The Bertz CT molecular complexity index is 114. The topological polar surface area (TPSA) is 24.7 Å². The van der Waals surface area contributed by atoms with Crippen LogP contribution in [0.2, 0.25) is 0 Å². The number of amidine groups is 1. The molecule has 44 valence electrons. The molecule has 0 saturated carbocycles. The van der Waals surface area contributed by atoms with E-state index in [1.54, 1.807) is 0 Å². The number of hydrogen-bond donors (Lipinski definition) is 0. The maximum atomic E-state index is 3.81. The Hall–Kier alpha value is -0.920. The maximum absolute atomic E-state index is 3.81. The highest BCUT2D eigenvalue weighted by Gasteiger charge is 1.82. The first-order valence-electron chi connectivity index (χ1n) is 2.49. The van der Waals surface area contributed by atoms with Crippen LogP contribution in [0.25, 0.3) is 0 Å². The van der Waals surface area contributed by atoms with Crippen molar-refractivity contribution in [3.05, 3.63) is 12.8 Å². The summed E-state index contributed by atoms with van der Waals surface area (Å²) >= 11 is 0.